The van der Waals surface area contributed by atoms with Crippen LogP contribution in [-0.2, 0) is 0 Å². The van der Waals surface area contributed by atoms with Gasteiger partial charge in [-0.1, -0.05) is 13.8 Å². The van der Waals surface area contributed by atoms with E-state index in [0.717, 1.165) is 37.4 Å². The molecule has 27 heavy (non-hydrogen) atoms. The average molecular weight is 364 g/mol. The molecule has 2 heterocycles. The lowest BCUT2D eigenvalue weighted by molar-refractivity contribution is 0.279. The van der Waals surface area contributed by atoms with Crippen LogP contribution in [-0.4, -0.2) is 47.1 Å². The maximum atomic E-state index is 9.98. The molecule has 4 heteroatoms. The zero-order valence-electron chi connectivity index (χ0n) is 16.7. The van der Waals surface area contributed by atoms with E-state index < -0.39 is 0 Å². The van der Waals surface area contributed by atoms with Crippen LogP contribution >= 0.6 is 0 Å². The summed E-state index contributed by atoms with van der Waals surface area (Å²) >= 11 is 0. The zero-order valence-corrected chi connectivity index (χ0v) is 16.7. The summed E-state index contributed by atoms with van der Waals surface area (Å²) in [5, 5.41) is 13.6. The molecule has 4 nitrogen and oxygen atoms in total. The Labute approximate surface area is 162 Å². The lowest BCUT2D eigenvalue weighted by atomic mass is 9.79. The molecule has 1 unspecified atom stereocenters. The SMILES string of the molecule is CCN(CC)CCN1C=CC2=C(C)C3Nc4ccc(O)cc4C3=C(C)C2=C1. The topological polar surface area (TPSA) is 38.7 Å². The third-order valence-corrected chi connectivity index (χ3v) is 6.13. The van der Waals surface area contributed by atoms with Gasteiger partial charge < -0.3 is 20.2 Å². The summed E-state index contributed by atoms with van der Waals surface area (Å²) in [6, 6.07) is 5.81. The molecular formula is C23H29N3O. The van der Waals surface area contributed by atoms with Gasteiger partial charge in [0.05, 0.1) is 6.04 Å². The van der Waals surface area contributed by atoms with E-state index >= 15 is 0 Å². The molecule has 4 rings (SSSR count). The number of hydrogen-bond acceptors (Lipinski definition) is 4. The lowest BCUT2D eigenvalue weighted by Crippen LogP contribution is -2.32. The maximum Gasteiger partial charge on any atom is 0.116 e. The summed E-state index contributed by atoms with van der Waals surface area (Å²) in [6.07, 6.45) is 6.76. The van der Waals surface area contributed by atoms with Crippen LogP contribution in [0.1, 0.15) is 33.3 Å². The van der Waals surface area contributed by atoms with Crippen molar-refractivity contribution in [2.75, 3.05) is 31.5 Å². The second-order valence-corrected chi connectivity index (χ2v) is 7.57. The van der Waals surface area contributed by atoms with Gasteiger partial charge in [0.15, 0.2) is 0 Å². The van der Waals surface area contributed by atoms with Crippen LogP contribution in [0.5, 0.6) is 5.75 Å². The van der Waals surface area contributed by atoms with Crippen LogP contribution < -0.4 is 5.32 Å². The minimum Gasteiger partial charge on any atom is -0.508 e. The second-order valence-electron chi connectivity index (χ2n) is 7.57. The molecule has 0 aromatic heterocycles. The fraction of sp³-hybridized carbons (Fsp3) is 0.391. The Bertz CT molecular complexity index is 887. The van der Waals surface area contributed by atoms with E-state index in [1.807, 2.05) is 12.1 Å². The van der Waals surface area contributed by atoms with Gasteiger partial charge in [-0.15, -0.1) is 0 Å². The molecule has 1 atom stereocenters. The van der Waals surface area contributed by atoms with Crippen LogP contribution in [0, 0.1) is 0 Å². The van der Waals surface area contributed by atoms with Gasteiger partial charge >= 0.3 is 0 Å². The highest BCUT2D eigenvalue weighted by Crippen LogP contribution is 2.48. The third kappa shape index (κ3) is 2.98. The number of likely N-dealkylation sites (N-methyl/N-ethyl adjacent to an activating group) is 1. The predicted molar refractivity (Wildman–Crippen MR) is 113 cm³/mol. The number of hydrogen-bond donors (Lipinski definition) is 2. The van der Waals surface area contributed by atoms with Crippen molar-refractivity contribution in [2.45, 2.75) is 33.7 Å². The maximum absolute atomic E-state index is 9.98. The lowest BCUT2D eigenvalue weighted by Gasteiger charge is -2.32. The zero-order chi connectivity index (χ0) is 19.1. The number of allylic oxidation sites excluding steroid dienone is 4. The molecule has 142 valence electrons. The molecular weight excluding hydrogens is 334 g/mol. The summed E-state index contributed by atoms with van der Waals surface area (Å²) in [5.74, 6) is 0.322. The van der Waals surface area contributed by atoms with E-state index in [4.69, 9.17) is 0 Å². The number of rotatable bonds is 5. The van der Waals surface area contributed by atoms with Crippen molar-refractivity contribution in [3.05, 3.63) is 64.5 Å². The van der Waals surface area contributed by atoms with Gasteiger partial charge in [0.1, 0.15) is 5.75 Å². The first-order valence-corrected chi connectivity index (χ1v) is 9.93. The Morgan fingerprint density at radius 3 is 2.70 bits per heavy atom. The smallest absolute Gasteiger partial charge is 0.116 e. The molecule has 1 aromatic rings. The molecule has 0 bridgehead atoms. The van der Waals surface area contributed by atoms with Gasteiger partial charge in [0.2, 0.25) is 0 Å². The molecule has 0 saturated heterocycles. The minimum atomic E-state index is 0.195. The molecule has 0 radical (unpaired) electrons. The average Bonchev–Trinajstić information content (AvgIpc) is 3.06. The third-order valence-electron chi connectivity index (χ3n) is 6.13. The van der Waals surface area contributed by atoms with Crippen molar-refractivity contribution in [3.8, 4) is 5.75 Å². The first-order valence-electron chi connectivity index (χ1n) is 9.93. The normalized spacial score (nSPS) is 20.6. The van der Waals surface area contributed by atoms with Gasteiger partial charge in [0.25, 0.3) is 0 Å². The summed E-state index contributed by atoms with van der Waals surface area (Å²) in [6.45, 7) is 13.1. The Morgan fingerprint density at radius 1 is 1.19 bits per heavy atom. The van der Waals surface area contributed by atoms with E-state index in [1.165, 1.54) is 27.9 Å². The number of aromatic hydroxyl groups is 1. The van der Waals surface area contributed by atoms with Crippen molar-refractivity contribution in [2.24, 2.45) is 0 Å². The summed E-state index contributed by atoms with van der Waals surface area (Å²) in [5.41, 5.74) is 8.80. The molecule has 0 spiro atoms. The van der Waals surface area contributed by atoms with E-state index in [-0.39, 0.29) is 6.04 Å². The summed E-state index contributed by atoms with van der Waals surface area (Å²) in [7, 11) is 0. The van der Waals surface area contributed by atoms with E-state index in [0.29, 0.717) is 5.75 Å². The highest BCUT2D eigenvalue weighted by molar-refractivity contribution is 5.95. The largest absolute Gasteiger partial charge is 0.508 e. The Balaban J connectivity index is 1.69. The molecule has 1 aromatic carbocycles. The van der Waals surface area contributed by atoms with Crippen LogP contribution in [0.3, 0.4) is 0 Å². The van der Waals surface area contributed by atoms with Gasteiger partial charge in [0, 0.05) is 42.3 Å². The Hall–Kier alpha value is -2.46. The monoisotopic (exact) mass is 363 g/mol. The highest BCUT2D eigenvalue weighted by atomic mass is 16.3. The molecule has 0 fully saturated rings. The van der Waals surface area contributed by atoms with Crippen LogP contribution in [0.4, 0.5) is 5.69 Å². The number of anilines is 1. The molecule has 0 amide bonds. The van der Waals surface area contributed by atoms with Gasteiger partial charge in [-0.3, -0.25) is 0 Å². The first-order chi connectivity index (χ1) is 13.0. The number of phenols is 1. The van der Waals surface area contributed by atoms with Crippen LogP contribution in [0.2, 0.25) is 0 Å². The molecule has 2 N–H and O–H groups in total. The molecule has 3 aliphatic rings. The Morgan fingerprint density at radius 2 is 1.96 bits per heavy atom. The van der Waals surface area contributed by atoms with Crippen molar-refractivity contribution in [1.82, 2.24) is 9.80 Å². The summed E-state index contributed by atoms with van der Waals surface area (Å²) < 4.78 is 0. The van der Waals surface area contributed by atoms with E-state index in [1.54, 1.807) is 6.07 Å². The van der Waals surface area contributed by atoms with E-state index in [9.17, 15) is 5.11 Å². The summed E-state index contributed by atoms with van der Waals surface area (Å²) in [4.78, 5) is 4.76. The number of phenolic OH excluding ortho intramolecular Hbond substituents is 1. The van der Waals surface area contributed by atoms with Crippen molar-refractivity contribution in [1.29, 1.82) is 0 Å². The molecule has 1 aliphatic carbocycles. The molecule has 2 aliphatic heterocycles. The second kappa shape index (κ2) is 6.93. The number of benzene rings is 1. The quantitative estimate of drug-likeness (QED) is 0.763. The van der Waals surface area contributed by atoms with E-state index in [2.05, 4.69) is 61.3 Å². The number of nitrogens with zero attached hydrogens (tertiary/aromatic N) is 2. The Kier molecular flexibility index (Phi) is 4.60. The van der Waals surface area contributed by atoms with Crippen molar-refractivity contribution < 1.29 is 5.11 Å². The molecule has 0 saturated carbocycles. The van der Waals surface area contributed by atoms with Crippen molar-refractivity contribution in [3.63, 3.8) is 0 Å². The first kappa shape index (κ1) is 17.9. The highest BCUT2D eigenvalue weighted by Gasteiger charge is 2.36. The number of fused-ring (bicyclic) bond motifs is 4. The van der Waals surface area contributed by atoms with Gasteiger partial charge in [-0.05, 0) is 73.5 Å². The van der Waals surface area contributed by atoms with Gasteiger partial charge in [-0.2, -0.15) is 0 Å². The standard InChI is InChI=1S/C23H29N3O/c1-5-25(6-2)11-12-26-10-9-18-16(4)23-22(15(3)20(18)14-26)19-13-17(27)7-8-21(19)24-23/h7-10,13-14,23-24,27H,5-6,11-12H2,1-4H3. The number of nitrogens with one attached hydrogen (secondary N) is 1. The predicted octanol–water partition coefficient (Wildman–Crippen LogP) is 4.34. The van der Waals surface area contributed by atoms with Crippen molar-refractivity contribution >= 4 is 11.3 Å². The fourth-order valence-electron chi connectivity index (χ4n) is 4.42. The fourth-order valence-corrected chi connectivity index (χ4v) is 4.42. The van der Waals surface area contributed by atoms with Crippen LogP contribution in [0.25, 0.3) is 5.57 Å². The van der Waals surface area contributed by atoms with Gasteiger partial charge in [-0.25, -0.2) is 0 Å². The minimum absolute atomic E-state index is 0.195. The van der Waals surface area contributed by atoms with Crippen LogP contribution in [0.15, 0.2) is 59.0 Å².